The van der Waals surface area contributed by atoms with Crippen LogP contribution in [0, 0.1) is 47.3 Å². The number of likely N-dealkylation sites (tertiary alicyclic amines) is 2. The molecule has 196 valence electrons. The lowest BCUT2D eigenvalue weighted by molar-refractivity contribution is -0.155. The van der Waals surface area contributed by atoms with E-state index in [2.05, 4.69) is 63.7 Å². The Morgan fingerprint density at radius 2 is 1.11 bits per heavy atom. The van der Waals surface area contributed by atoms with Crippen molar-refractivity contribution in [2.24, 2.45) is 47.3 Å². The molecular weight excluding hydrogens is 732 g/mol. The molecule has 2 aliphatic heterocycles. The first-order chi connectivity index (χ1) is 17.1. The second-order valence-corrected chi connectivity index (χ2v) is 15.5. The fourth-order valence-corrected chi connectivity index (χ4v) is 12.0. The lowest BCUT2D eigenvalue weighted by Crippen LogP contribution is -2.46. The highest BCUT2D eigenvalue weighted by Gasteiger charge is 2.68. The van der Waals surface area contributed by atoms with E-state index in [1.807, 2.05) is 0 Å². The highest BCUT2D eigenvalue weighted by molar-refractivity contribution is 9.12. The van der Waals surface area contributed by atoms with Crippen LogP contribution in [0.3, 0.4) is 0 Å². The molecule has 1 N–H and O–H groups in total. The first-order valence-corrected chi connectivity index (χ1v) is 16.2. The van der Waals surface area contributed by atoms with Crippen LogP contribution in [0.15, 0.2) is 0 Å². The zero-order valence-electron chi connectivity index (χ0n) is 19.1. The van der Waals surface area contributed by atoms with Gasteiger partial charge in [0.1, 0.15) is 6.04 Å². The fraction of sp³-hybridized carbons (Fsp3) is 0.792. The second kappa shape index (κ2) is 9.11. The SMILES string of the molecule is O=C(O)[C@H](CCCCN1C(=O)[C@@H]2[C@H]3C[C@@H]([C@H](Br)[C@@H]3Br)[C@@H]2C1=O)N1C(=O)[C@@H]2[C@H]3C[C@@H]([C@H](Br)[C@H]3Br)[C@H]2C1=O. The third kappa shape index (κ3) is 3.41. The molecule has 2 saturated heterocycles. The highest BCUT2D eigenvalue weighted by Crippen LogP contribution is 2.61. The van der Waals surface area contributed by atoms with Crippen molar-refractivity contribution in [3.05, 3.63) is 0 Å². The Morgan fingerprint density at radius 1 is 0.722 bits per heavy atom. The van der Waals surface area contributed by atoms with Gasteiger partial charge in [-0.15, -0.1) is 0 Å². The molecule has 0 radical (unpaired) electrons. The quantitative estimate of drug-likeness (QED) is 0.243. The third-order valence-electron chi connectivity index (χ3n) is 9.81. The number of unbranched alkanes of at least 4 members (excludes halogenated alkanes) is 1. The molecule has 4 amide bonds. The van der Waals surface area contributed by atoms with Crippen molar-refractivity contribution in [1.29, 1.82) is 0 Å². The summed E-state index contributed by atoms with van der Waals surface area (Å²) in [6.07, 6.45) is 2.60. The van der Waals surface area contributed by atoms with Crippen molar-refractivity contribution in [2.75, 3.05) is 6.54 Å². The Labute approximate surface area is 242 Å². The summed E-state index contributed by atoms with van der Waals surface area (Å²) in [7, 11) is 0. The molecule has 0 aromatic heterocycles. The van der Waals surface area contributed by atoms with Gasteiger partial charge in [0.15, 0.2) is 0 Å². The lowest BCUT2D eigenvalue weighted by Gasteiger charge is -2.28. The molecule has 6 fully saturated rings. The van der Waals surface area contributed by atoms with Gasteiger partial charge in [-0.05, 0) is 55.8 Å². The van der Waals surface area contributed by atoms with Gasteiger partial charge >= 0.3 is 5.97 Å². The summed E-state index contributed by atoms with van der Waals surface area (Å²) in [5, 5.41) is 9.91. The summed E-state index contributed by atoms with van der Waals surface area (Å²) < 4.78 is 0. The van der Waals surface area contributed by atoms with Crippen LogP contribution in [-0.4, -0.2) is 76.4 Å². The van der Waals surface area contributed by atoms with Gasteiger partial charge in [-0.1, -0.05) is 63.7 Å². The number of aliphatic carboxylic acids is 1. The number of rotatable bonds is 7. The summed E-state index contributed by atoms with van der Waals surface area (Å²) in [4.78, 5) is 67.7. The summed E-state index contributed by atoms with van der Waals surface area (Å²) in [6.45, 7) is 0.240. The minimum absolute atomic E-state index is 0.0282. The van der Waals surface area contributed by atoms with E-state index in [4.69, 9.17) is 0 Å². The number of carbonyl (C=O) groups excluding carboxylic acids is 4. The average Bonchev–Trinajstić information content (AvgIpc) is 3.63. The van der Waals surface area contributed by atoms with Crippen LogP contribution in [0.4, 0.5) is 0 Å². The van der Waals surface area contributed by atoms with Crippen LogP contribution in [0.1, 0.15) is 32.1 Å². The Balaban J connectivity index is 1.09. The van der Waals surface area contributed by atoms with E-state index in [0.717, 1.165) is 17.7 Å². The molecule has 13 atom stereocenters. The number of nitrogens with zero attached hydrogens (tertiary/aromatic N) is 2. The van der Waals surface area contributed by atoms with Gasteiger partial charge in [0.05, 0.1) is 23.7 Å². The zero-order chi connectivity index (χ0) is 25.8. The maximum atomic E-state index is 13.2. The second-order valence-electron chi connectivity index (χ2n) is 11.2. The predicted octanol–water partition coefficient (Wildman–Crippen LogP) is 3.17. The summed E-state index contributed by atoms with van der Waals surface area (Å²) >= 11 is 14.7. The third-order valence-corrected chi connectivity index (χ3v) is 16.2. The van der Waals surface area contributed by atoms with Crippen molar-refractivity contribution in [3.63, 3.8) is 0 Å². The number of alkyl halides is 4. The number of hydrogen-bond donors (Lipinski definition) is 1. The van der Waals surface area contributed by atoms with Crippen molar-refractivity contribution in [3.8, 4) is 0 Å². The van der Waals surface area contributed by atoms with E-state index < -0.39 is 23.8 Å². The van der Waals surface area contributed by atoms with Crippen LogP contribution in [0.2, 0.25) is 0 Å². The minimum atomic E-state index is -1.22. The number of halogens is 4. The topological polar surface area (TPSA) is 112 Å². The predicted molar refractivity (Wildman–Crippen MR) is 142 cm³/mol. The summed E-state index contributed by atoms with van der Waals surface area (Å²) in [5.41, 5.74) is 0. The van der Waals surface area contributed by atoms with Gasteiger partial charge in [0.2, 0.25) is 23.6 Å². The summed E-state index contributed by atoms with van der Waals surface area (Å²) in [6, 6.07) is -1.22. The van der Waals surface area contributed by atoms with E-state index in [9.17, 15) is 29.1 Å². The normalized spacial score (nSPS) is 47.3. The van der Waals surface area contributed by atoms with Crippen molar-refractivity contribution >= 4 is 93.3 Å². The number of carboxylic acids is 1. The first kappa shape index (κ1) is 25.9. The van der Waals surface area contributed by atoms with Gasteiger partial charge in [-0.3, -0.25) is 29.0 Å². The lowest BCUT2D eigenvalue weighted by atomic mass is 9.81. The number of carbonyl (C=O) groups is 5. The van der Waals surface area contributed by atoms with Crippen molar-refractivity contribution in [1.82, 2.24) is 9.80 Å². The molecule has 0 aromatic rings. The standard InChI is InChI=1S/C24H26Br4N2O6/c25-16-7-5-8(17(16)26)13-12(7)20(31)29(21(13)32)4-2-1-3-11(24(35)36)30-22(33)14-9-6-10(15(14)23(30)34)19(28)18(9)27/h7-19H,1-6H2,(H,35,36)/t7-,8-,9-,10-,11+,12-,13+,14-,15-,16-,17+,18+,19+/m1/s1. The molecule has 36 heavy (non-hydrogen) atoms. The summed E-state index contributed by atoms with van der Waals surface area (Å²) in [5.74, 6) is -3.21. The van der Waals surface area contributed by atoms with Crippen LogP contribution in [0.25, 0.3) is 0 Å². The zero-order valence-corrected chi connectivity index (χ0v) is 25.5. The van der Waals surface area contributed by atoms with Crippen LogP contribution < -0.4 is 0 Å². The highest BCUT2D eigenvalue weighted by atomic mass is 79.9. The molecule has 6 aliphatic rings. The van der Waals surface area contributed by atoms with Crippen molar-refractivity contribution < 1.29 is 29.1 Å². The van der Waals surface area contributed by atoms with Crippen LogP contribution >= 0.6 is 63.7 Å². The maximum Gasteiger partial charge on any atom is 0.326 e. The Bertz CT molecular complexity index is 994. The monoisotopic (exact) mass is 754 g/mol. The fourth-order valence-electron chi connectivity index (χ4n) is 8.28. The van der Waals surface area contributed by atoms with E-state index in [1.165, 1.54) is 4.90 Å². The molecule has 4 saturated carbocycles. The average molecular weight is 758 g/mol. The molecule has 0 unspecified atom stereocenters. The number of imide groups is 2. The van der Waals surface area contributed by atoms with Gasteiger partial charge in [-0.25, -0.2) is 4.79 Å². The van der Waals surface area contributed by atoms with E-state index >= 15 is 0 Å². The molecule has 4 aliphatic carbocycles. The minimum Gasteiger partial charge on any atom is -0.480 e. The van der Waals surface area contributed by atoms with Gasteiger partial charge in [0.25, 0.3) is 0 Å². The number of fused-ring (bicyclic) bond motifs is 10. The molecule has 6 rings (SSSR count). The van der Waals surface area contributed by atoms with Gasteiger partial charge in [-0.2, -0.15) is 0 Å². The molecule has 8 nitrogen and oxygen atoms in total. The molecule has 0 spiro atoms. The Kier molecular flexibility index (Phi) is 6.56. The van der Waals surface area contributed by atoms with Gasteiger partial charge in [0, 0.05) is 25.9 Å². The molecular formula is C24H26Br4N2O6. The first-order valence-electron chi connectivity index (χ1n) is 12.6. The number of amides is 4. The number of carboxylic acid groups (broad SMARTS) is 1. The molecule has 0 aromatic carbocycles. The van der Waals surface area contributed by atoms with Gasteiger partial charge < -0.3 is 5.11 Å². The largest absolute Gasteiger partial charge is 0.480 e. The van der Waals surface area contributed by atoms with Crippen molar-refractivity contribution in [2.45, 2.75) is 57.5 Å². The smallest absolute Gasteiger partial charge is 0.326 e. The van der Waals surface area contributed by atoms with E-state index in [0.29, 0.717) is 12.8 Å². The van der Waals surface area contributed by atoms with E-state index in [-0.39, 0.29) is 91.4 Å². The Hall–Kier alpha value is -0.330. The number of hydrogen-bond acceptors (Lipinski definition) is 5. The molecule has 12 heteroatoms. The van der Waals surface area contributed by atoms with E-state index in [1.54, 1.807) is 0 Å². The van der Waals surface area contributed by atoms with Crippen LogP contribution in [-0.2, 0) is 24.0 Å². The Morgan fingerprint density at radius 3 is 1.50 bits per heavy atom. The maximum absolute atomic E-state index is 13.2. The van der Waals surface area contributed by atoms with Crippen LogP contribution in [0.5, 0.6) is 0 Å². The molecule has 4 bridgehead atoms. The molecule has 2 heterocycles.